The van der Waals surface area contributed by atoms with Crippen molar-refractivity contribution in [2.75, 3.05) is 26.7 Å². The molecule has 0 spiro atoms. The third kappa shape index (κ3) is 3.11. The Bertz CT molecular complexity index is 314. The molecule has 4 atom stereocenters. The van der Waals surface area contributed by atoms with E-state index in [4.69, 9.17) is 4.74 Å². The lowest BCUT2D eigenvalue weighted by molar-refractivity contribution is -0.923. The normalized spacial score (nSPS) is 38.6. The van der Waals surface area contributed by atoms with Gasteiger partial charge in [-0.05, 0) is 0 Å². The van der Waals surface area contributed by atoms with Crippen molar-refractivity contribution in [3.8, 4) is 0 Å². The topological polar surface area (TPSA) is 35.2 Å². The molecule has 0 aromatic heterocycles. The number of nitrogens with one attached hydrogen (secondary N) is 2. The van der Waals surface area contributed by atoms with Crippen LogP contribution in [0.1, 0.15) is 44.9 Å². The van der Waals surface area contributed by atoms with Gasteiger partial charge in [-0.15, -0.1) is 0 Å². The van der Waals surface area contributed by atoms with Crippen molar-refractivity contribution in [2.24, 2.45) is 0 Å². The van der Waals surface area contributed by atoms with Gasteiger partial charge in [0, 0.05) is 38.5 Å². The number of rotatable bonds is 4. The summed E-state index contributed by atoms with van der Waals surface area (Å²) in [4.78, 5) is 15.2. The minimum absolute atomic E-state index is 0.0448. The highest BCUT2D eigenvalue weighted by molar-refractivity contribution is 5.69. The Labute approximate surface area is 116 Å². The Morgan fingerprint density at radius 2 is 1.79 bits per heavy atom. The lowest BCUT2D eigenvalue weighted by atomic mass is 10.0. The second kappa shape index (κ2) is 5.80. The van der Waals surface area contributed by atoms with Crippen LogP contribution in [0.2, 0.25) is 0 Å². The van der Waals surface area contributed by atoms with Crippen LogP contribution in [0.4, 0.5) is 0 Å². The number of ether oxygens (including phenoxy) is 1. The fourth-order valence-electron chi connectivity index (χ4n) is 4.27. The third-order valence-electron chi connectivity index (χ3n) is 5.54. The first kappa shape index (κ1) is 13.4. The van der Waals surface area contributed by atoms with Crippen LogP contribution in [-0.2, 0) is 9.53 Å². The molecule has 0 aliphatic carbocycles. The van der Waals surface area contributed by atoms with Gasteiger partial charge >= 0.3 is 5.97 Å². The van der Waals surface area contributed by atoms with Crippen LogP contribution in [0, 0.1) is 0 Å². The highest BCUT2D eigenvalue weighted by atomic mass is 16.5. The van der Waals surface area contributed by atoms with Crippen molar-refractivity contribution in [1.82, 2.24) is 0 Å². The van der Waals surface area contributed by atoms with E-state index in [9.17, 15) is 4.79 Å². The van der Waals surface area contributed by atoms with Crippen LogP contribution in [0.25, 0.3) is 0 Å². The molecular formula is C15H28N2O2+2. The van der Waals surface area contributed by atoms with Gasteiger partial charge in [0.05, 0.1) is 45.2 Å². The highest BCUT2D eigenvalue weighted by Gasteiger charge is 2.43. The molecule has 3 rings (SSSR count). The van der Waals surface area contributed by atoms with Crippen molar-refractivity contribution >= 4 is 5.97 Å². The van der Waals surface area contributed by atoms with E-state index < -0.39 is 0 Å². The second-order valence-corrected chi connectivity index (χ2v) is 6.76. The Hall–Kier alpha value is -0.610. The molecule has 3 fully saturated rings. The van der Waals surface area contributed by atoms with Gasteiger partial charge in [-0.1, -0.05) is 0 Å². The molecule has 0 amide bonds. The quantitative estimate of drug-likeness (QED) is 0.629. The minimum Gasteiger partial charge on any atom is -0.462 e. The van der Waals surface area contributed by atoms with Crippen LogP contribution in [0.3, 0.4) is 0 Å². The first-order valence-corrected chi connectivity index (χ1v) is 8.09. The molecule has 4 heteroatoms. The van der Waals surface area contributed by atoms with E-state index in [2.05, 4.69) is 7.05 Å². The molecule has 0 aromatic rings. The smallest absolute Gasteiger partial charge is 0.311 e. The minimum atomic E-state index is 0.0448. The van der Waals surface area contributed by atoms with Gasteiger partial charge in [0.2, 0.25) is 0 Å². The van der Waals surface area contributed by atoms with Crippen molar-refractivity contribution in [1.29, 1.82) is 0 Å². The molecule has 3 heterocycles. The van der Waals surface area contributed by atoms with Gasteiger partial charge in [-0.2, -0.15) is 0 Å². The van der Waals surface area contributed by atoms with E-state index in [1.165, 1.54) is 38.8 Å². The number of quaternary nitrogens is 2. The van der Waals surface area contributed by atoms with E-state index in [-0.39, 0.29) is 12.1 Å². The molecule has 2 bridgehead atoms. The maximum atomic E-state index is 11.9. The Balaban J connectivity index is 1.40. The molecule has 0 radical (unpaired) electrons. The average Bonchev–Trinajstić information content (AvgIpc) is 2.95. The van der Waals surface area contributed by atoms with E-state index in [0.29, 0.717) is 6.42 Å². The van der Waals surface area contributed by atoms with Crippen LogP contribution in [0.5, 0.6) is 0 Å². The number of hydrogen-bond donors (Lipinski definition) is 2. The summed E-state index contributed by atoms with van der Waals surface area (Å²) in [6.07, 6.45) is 8.29. The summed E-state index contributed by atoms with van der Waals surface area (Å²) >= 11 is 0. The Morgan fingerprint density at radius 3 is 2.42 bits per heavy atom. The molecule has 0 saturated carbocycles. The Kier molecular flexibility index (Phi) is 4.08. The van der Waals surface area contributed by atoms with Gasteiger partial charge in [-0.3, -0.25) is 4.79 Å². The molecule has 2 N–H and O–H groups in total. The lowest BCUT2D eigenvalue weighted by Gasteiger charge is -2.33. The zero-order chi connectivity index (χ0) is 13.2. The van der Waals surface area contributed by atoms with Crippen LogP contribution in [0.15, 0.2) is 0 Å². The monoisotopic (exact) mass is 268 g/mol. The number of fused-ring (bicyclic) bond motifs is 2. The number of carbonyl (C=O) groups is 1. The largest absolute Gasteiger partial charge is 0.462 e. The molecule has 3 aliphatic rings. The standard InChI is InChI=1S/C15H26N2O2/c1-16-12-4-5-13(16)11-14(10-12)19-15(18)6-9-17-7-2-3-8-17/h12-14H,2-11H2,1H3/p+2/t12-,13+,14?. The van der Waals surface area contributed by atoms with Crippen molar-refractivity contribution in [2.45, 2.75) is 63.1 Å². The van der Waals surface area contributed by atoms with Crippen LogP contribution >= 0.6 is 0 Å². The number of esters is 1. The molecule has 4 nitrogen and oxygen atoms in total. The van der Waals surface area contributed by atoms with E-state index in [0.717, 1.165) is 31.5 Å². The SMILES string of the molecule is C[NH+]1[C@@H]2CC[C@H]1CC(OC(=O)CC[NH+]1CCCC1)C2. The maximum Gasteiger partial charge on any atom is 0.311 e. The summed E-state index contributed by atoms with van der Waals surface area (Å²) < 4.78 is 5.71. The number of hydrogen-bond acceptors (Lipinski definition) is 2. The van der Waals surface area contributed by atoms with Gasteiger partial charge in [0.25, 0.3) is 0 Å². The fourth-order valence-corrected chi connectivity index (χ4v) is 4.27. The average molecular weight is 268 g/mol. The third-order valence-corrected chi connectivity index (χ3v) is 5.54. The molecule has 2 unspecified atom stereocenters. The number of piperidine rings is 1. The predicted octanol–water partition coefficient (Wildman–Crippen LogP) is -1.19. The molecule has 19 heavy (non-hydrogen) atoms. The molecule has 108 valence electrons. The summed E-state index contributed by atoms with van der Waals surface area (Å²) in [5.41, 5.74) is 0. The van der Waals surface area contributed by atoms with Gasteiger partial charge in [0.15, 0.2) is 0 Å². The summed E-state index contributed by atoms with van der Waals surface area (Å²) in [5, 5.41) is 0. The predicted molar refractivity (Wildman–Crippen MR) is 72.2 cm³/mol. The van der Waals surface area contributed by atoms with Crippen molar-refractivity contribution < 1.29 is 19.3 Å². The van der Waals surface area contributed by atoms with E-state index >= 15 is 0 Å². The fraction of sp³-hybridized carbons (Fsp3) is 0.933. The zero-order valence-corrected chi connectivity index (χ0v) is 12.1. The number of carbonyl (C=O) groups excluding carboxylic acids is 1. The first-order valence-electron chi connectivity index (χ1n) is 8.09. The van der Waals surface area contributed by atoms with Crippen molar-refractivity contribution in [3.63, 3.8) is 0 Å². The first-order chi connectivity index (χ1) is 9.22. The number of likely N-dealkylation sites (tertiary alicyclic amines) is 1. The van der Waals surface area contributed by atoms with Crippen molar-refractivity contribution in [3.05, 3.63) is 0 Å². The van der Waals surface area contributed by atoms with Gasteiger partial charge in [0.1, 0.15) is 6.10 Å². The van der Waals surface area contributed by atoms with E-state index in [1.54, 1.807) is 9.80 Å². The Morgan fingerprint density at radius 1 is 1.16 bits per heavy atom. The second-order valence-electron chi connectivity index (χ2n) is 6.76. The molecule has 0 aromatic carbocycles. The molecule has 3 saturated heterocycles. The van der Waals surface area contributed by atoms with Crippen LogP contribution in [-0.4, -0.2) is 50.8 Å². The summed E-state index contributed by atoms with van der Waals surface area (Å²) in [6, 6.07) is 1.47. The lowest BCUT2D eigenvalue weighted by Crippen LogP contribution is -3.15. The highest BCUT2D eigenvalue weighted by Crippen LogP contribution is 2.24. The molecular weight excluding hydrogens is 240 g/mol. The summed E-state index contributed by atoms with van der Waals surface area (Å²) in [6.45, 7) is 3.47. The molecule has 3 aliphatic heterocycles. The summed E-state index contributed by atoms with van der Waals surface area (Å²) in [7, 11) is 2.30. The van der Waals surface area contributed by atoms with Crippen LogP contribution < -0.4 is 9.80 Å². The zero-order valence-electron chi connectivity index (χ0n) is 12.1. The van der Waals surface area contributed by atoms with E-state index in [1.807, 2.05) is 0 Å². The maximum absolute atomic E-state index is 11.9. The van der Waals surface area contributed by atoms with Gasteiger partial charge < -0.3 is 14.5 Å². The summed E-state index contributed by atoms with van der Waals surface area (Å²) in [5.74, 6) is 0.0448. The van der Waals surface area contributed by atoms with Gasteiger partial charge in [-0.25, -0.2) is 0 Å².